The Balaban J connectivity index is 1.98. The molecule has 0 aliphatic heterocycles. The predicted octanol–water partition coefficient (Wildman–Crippen LogP) is 6.94. The molecule has 100 valence electrons. The van der Waals surface area contributed by atoms with Gasteiger partial charge in [0.05, 0.1) is 0 Å². The Morgan fingerprint density at radius 3 is 1.95 bits per heavy atom. The smallest absolute Gasteiger partial charge is 0.0463 e. The van der Waals surface area contributed by atoms with Gasteiger partial charge in [0.15, 0.2) is 0 Å². The van der Waals surface area contributed by atoms with Crippen molar-refractivity contribution < 1.29 is 0 Å². The highest BCUT2D eigenvalue weighted by molar-refractivity contribution is 7.31. The van der Waals surface area contributed by atoms with E-state index >= 15 is 0 Å². The summed E-state index contributed by atoms with van der Waals surface area (Å²) in [5.74, 6) is 1.27. The van der Waals surface area contributed by atoms with Crippen LogP contribution in [-0.2, 0) is 0 Å². The number of hydrogen-bond donors (Lipinski definition) is 0. The van der Waals surface area contributed by atoms with Crippen molar-refractivity contribution in [1.29, 1.82) is 0 Å². The third kappa shape index (κ3) is 2.51. The predicted molar refractivity (Wildman–Crippen MR) is 91.2 cm³/mol. The molecule has 3 aromatic rings. The highest BCUT2D eigenvalue weighted by Crippen LogP contribution is 2.42. The van der Waals surface area contributed by atoms with Gasteiger partial charge in [-0.15, -0.1) is 34.0 Å². The maximum Gasteiger partial charge on any atom is 0.0463 e. The molecular formula is C16H18S3. The molecule has 0 saturated heterocycles. The zero-order valence-electron chi connectivity index (χ0n) is 11.7. The summed E-state index contributed by atoms with van der Waals surface area (Å²) in [7, 11) is 0. The van der Waals surface area contributed by atoms with E-state index in [1.807, 2.05) is 34.0 Å². The van der Waals surface area contributed by atoms with Crippen LogP contribution in [0, 0.1) is 0 Å². The molecule has 0 unspecified atom stereocenters. The largest absolute Gasteiger partial charge is 0.139 e. The first kappa shape index (κ1) is 13.3. The molecule has 0 saturated carbocycles. The maximum atomic E-state index is 2.37. The maximum absolute atomic E-state index is 2.37. The van der Waals surface area contributed by atoms with Gasteiger partial charge in [0.2, 0.25) is 0 Å². The molecule has 0 N–H and O–H groups in total. The average Bonchev–Trinajstić information content (AvgIpc) is 3.01. The topological polar surface area (TPSA) is 0 Å². The van der Waals surface area contributed by atoms with Crippen LogP contribution in [0.5, 0.6) is 0 Å². The first-order valence-corrected chi connectivity index (χ1v) is 9.13. The van der Waals surface area contributed by atoms with Crippen molar-refractivity contribution in [3.63, 3.8) is 0 Å². The molecular weight excluding hydrogens is 288 g/mol. The van der Waals surface area contributed by atoms with Gasteiger partial charge in [-0.2, -0.15) is 0 Å². The number of hydrogen-bond acceptors (Lipinski definition) is 3. The van der Waals surface area contributed by atoms with Crippen molar-refractivity contribution in [1.82, 2.24) is 0 Å². The molecule has 0 aliphatic rings. The van der Waals surface area contributed by atoms with Crippen LogP contribution >= 0.6 is 34.0 Å². The zero-order valence-corrected chi connectivity index (χ0v) is 14.1. The van der Waals surface area contributed by atoms with Crippen molar-refractivity contribution in [2.45, 2.75) is 39.5 Å². The van der Waals surface area contributed by atoms with Gasteiger partial charge in [0, 0.05) is 28.9 Å². The van der Waals surface area contributed by atoms with Crippen LogP contribution in [0.15, 0.2) is 24.3 Å². The third-order valence-electron chi connectivity index (χ3n) is 3.23. The molecule has 0 bridgehead atoms. The molecule has 19 heavy (non-hydrogen) atoms. The van der Waals surface area contributed by atoms with Gasteiger partial charge in [-0.1, -0.05) is 27.7 Å². The minimum Gasteiger partial charge on any atom is -0.139 e. The molecule has 0 radical (unpaired) electrons. The molecule has 3 heteroatoms. The normalized spacial score (nSPS) is 12.1. The van der Waals surface area contributed by atoms with E-state index in [0.29, 0.717) is 11.8 Å². The van der Waals surface area contributed by atoms with E-state index in [0.717, 1.165) is 0 Å². The fourth-order valence-corrected chi connectivity index (χ4v) is 5.56. The van der Waals surface area contributed by atoms with Crippen molar-refractivity contribution in [2.24, 2.45) is 0 Å². The van der Waals surface area contributed by atoms with Gasteiger partial charge in [0.25, 0.3) is 0 Å². The first-order valence-electron chi connectivity index (χ1n) is 6.68. The molecule has 0 atom stereocenters. The second-order valence-corrected chi connectivity index (χ2v) is 8.81. The van der Waals surface area contributed by atoms with Gasteiger partial charge >= 0.3 is 0 Å². The van der Waals surface area contributed by atoms with Gasteiger partial charge in [0.1, 0.15) is 0 Å². The van der Waals surface area contributed by atoms with Crippen LogP contribution in [0.25, 0.3) is 19.2 Å². The van der Waals surface area contributed by atoms with E-state index in [9.17, 15) is 0 Å². The molecule has 0 spiro atoms. The lowest BCUT2D eigenvalue weighted by Gasteiger charge is -1.98. The molecule has 0 nitrogen and oxygen atoms in total. The van der Waals surface area contributed by atoms with Gasteiger partial charge in [-0.3, -0.25) is 0 Å². The minimum absolute atomic E-state index is 0.632. The van der Waals surface area contributed by atoms with Crippen LogP contribution < -0.4 is 0 Å². The molecule has 0 aromatic carbocycles. The molecule has 0 amide bonds. The molecule has 0 aliphatic carbocycles. The SMILES string of the molecule is CC(C)c1ccc(-c2cc3sc(C(C)C)cc3s2)s1. The lowest BCUT2D eigenvalue weighted by atomic mass is 10.2. The summed E-state index contributed by atoms with van der Waals surface area (Å²) in [6.07, 6.45) is 0. The van der Waals surface area contributed by atoms with Crippen LogP contribution in [0.3, 0.4) is 0 Å². The highest BCUT2D eigenvalue weighted by Gasteiger charge is 2.12. The van der Waals surface area contributed by atoms with Crippen LogP contribution in [-0.4, -0.2) is 0 Å². The monoisotopic (exact) mass is 306 g/mol. The summed E-state index contributed by atoms with van der Waals surface area (Å²) in [6.45, 7) is 9.06. The van der Waals surface area contributed by atoms with Crippen molar-refractivity contribution in [3.05, 3.63) is 34.0 Å². The van der Waals surface area contributed by atoms with Gasteiger partial charge < -0.3 is 0 Å². The fraction of sp³-hybridized carbons (Fsp3) is 0.375. The summed E-state index contributed by atoms with van der Waals surface area (Å²) in [5, 5.41) is 0. The highest BCUT2D eigenvalue weighted by atomic mass is 32.1. The summed E-state index contributed by atoms with van der Waals surface area (Å²) in [6, 6.07) is 9.29. The second kappa shape index (κ2) is 5.04. The van der Waals surface area contributed by atoms with E-state index in [1.54, 1.807) is 0 Å². The van der Waals surface area contributed by atoms with Gasteiger partial charge in [-0.05, 0) is 36.1 Å². The van der Waals surface area contributed by atoms with E-state index < -0.39 is 0 Å². The average molecular weight is 307 g/mol. The number of thiophene rings is 3. The Labute approximate surface area is 126 Å². The lowest BCUT2D eigenvalue weighted by Crippen LogP contribution is -1.77. The van der Waals surface area contributed by atoms with E-state index in [-0.39, 0.29) is 0 Å². The summed E-state index contributed by atoms with van der Waals surface area (Å²) in [4.78, 5) is 5.83. The molecule has 3 aromatic heterocycles. The van der Waals surface area contributed by atoms with Crippen molar-refractivity contribution >= 4 is 43.4 Å². The second-order valence-electron chi connectivity index (χ2n) is 5.50. The number of rotatable bonds is 3. The fourth-order valence-electron chi connectivity index (χ4n) is 2.06. The molecule has 3 heterocycles. The molecule has 3 rings (SSSR count). The van der Waals surface area contributed by atoms with Crippen LogP contribution in [0.1, 0.15) is 49.3 Å². The Bertz CT molecular complexity index is 663. The molecule has 0 fully saturated rings. The number of fused-ring (bicyclic) bond motifs is 1. The first-order chi connectivity index (χ1) is 9.04. The summed E-state index contributed by atoms with van der Waals surface area (Å²) >= 11 is 5.82. The van der Waals surface area contributed by atoms with Crippen LogP contribution in [0.2, 0.25) is 0 Å². The van der Waals surface area contributed by atoms with Crippen molar-refractivity contribution in [2.75, 3.05) is 0 Å². The van der Waals surface area contributed by atoms with E-state index in [2.05, 4.69) is 52.0 Å². The lowest BCUT2D eigenvalue weighted by molar-refractivity contribution is 0.890. The Hall–Kier alpha value is -0.640. The standard InChI is InChI=1S/C16H18S3/c1-9(2)11-5-6-12(17-11)14-8-16-15(19-14)7-13(18-16)10(3)4/h5-10H,1-4H3. The van der Waals surface area contributed by atoms with E-state index in [1.165, 1.54) is 28.9 Å². The van der Waals surface area contributed by atoms with E-state index in [4.69, 9.17) is 0 Å². The summed E-state index contributed by atoms with van der Waals surface area (Å²) in [5.41, 5.74) is 0. The van der Waals surface area contributed by atoms with Gasteiger partial charge in [-0.25, -0.2) is 0 Å². The van der Waals surface area contributed by atoms with Crippen LogP contribution in [0.4, 0.5) is 0 Å². The quantitative estimate of drug-likeness (QED) is 0.491. The third-order valence-corrected chi connectivity index (χ3v) is 7.41. The minimum atomic E-state index is 0.632. The summed E-state index contributed by atoms with van der Waals surface area (Å²) < 4.78 is 2.89. The Kier molecular flexibility index (Phi) is 3.54. The zero-order chi connectivity index (χ0) is 13.6. The van der Waals surface area contributed by atoms with Crippen molar-refractivity contribution in [3.8, 4) is 9.75 Å². The Morgan fingerprint density at radius 1 is 0.684 bits per heavy atom. The Morgan fingerprint density at radius 2 is 1.37 bits per heavy atom.